The number of hydrogen-bond acceptors (Lipinski definition) is 0. The van der Waals surface area contributed by atoms with Crippen LogP contribution in [0.1, 0.15) is 42.4 Å². The molecule has 0 N–H and O–H groups in total. The SMILES string of the molecule is Cc1cc(C)cc(C2CCC(Br)C2C)c1. The molecule has 0 aliphatic heterocycles. The van der Waals surface area contributed by atoms with Gasteiger partial charge in [0.05, 0.1) is 0 Å². The second-order valence-electron chi connectivity index (χ2n) is 4.98. The maximum atomic E-state index is 3.78. The Balaban J connectivity index is 2.30. The van der Waals surface area contributed by atoms with Gasteiger partial charge in [0.2, 0.25) is 0 Å². The van der Waals surface area contributed by atoms with Gasteiger partial charge in [0.1, 0.15) is 0 Å². The first-order chi connectivity index (χ1) is 7.08. The van der Waals surface area contributed by atoms with Crippen LogP contribution in [-0.4, -0.2) is 4.83 Å². The Morgan fingerprint density at radius 3 is 2.13 bits per heavy atom. The van der Waals surface area contributed by atoms with Crippen molar-refractivity contribution in [2.75, 3.05) is 0 Å². The van der Waals surface area contributed by atoms with Crippen molar-refractivity contribution in [2.45, 2.75) is 44.4 Å². The van der Waals surface area contributed by atoms with Crippen LogP contribution in [0.4, 0.5) is 0 Å². The highest BCUT2D eigenvalue weighted by Crippen LogP contribution is 2.43. The lowest BCUT2D eigenvalue weighted by atomic mass is 9.88. The minimum atomic E-state index is 0.711. The number of hydrogen-bond donors (Lipinski definition) is 0. The summed E-state index contributed by atoms with van der Waals surface area (Å²) in [6.07, 6.45) is 2.65. The van der Waals surface area contributed by atoms with Crippen LogP contribution >= 0.6 is 15.9 Å². The van der Waals surface area contributed by atoms with E-state index in [4.69, 9.17) is 0 Å². The first kappa shape index (κ1) is 11.2. The van der Waals surface area contributed by atoms with Gasteiger partial charge >= 0.3 is 0 Å². The lowest BCUT2D eigenvalue weighted by molar-refractivity contribution is 0.544. The summed E-state index contributed by atoms with van der Waals surface area (Å²) < 4.78 is 0. The Morgan fingerprint density at radius 1 is 1.07 bits per heavy atom. The van der Waals surface area contributed by atoms with E-state index in [1.807, 2.05) is 0 Å². The average molecular weight is 267 g/mol. The zero-order chi connectivity index (χ0) is 11.0. The van der Waals surface area contributed by atoms with E-state index >= 15 is 0 Å². The summed E-state index contributed by atoms with van der Waals surface area (Å²) in [4.78, 5) is 0.711. The van der Waals surface area contributed by atoms with Crippen LogP contribution in [0.5, 0.6) is 0 Å². The van der Waals surface area contributed by atoms with E-state index in [2.05, 4.69) is 54.9 Å². The Bertz CT molecular complexity index is 336. The summed E-state index contributed by atoms with van der Waals surface area (Å²) in [6.45, 7) is 6.76. The quantitative estimate of drug-likeness (QED) is 0.653. The second-order valence-corrected chi connectivity index (χ2v) is 6.16. The highest BCUT2D eigenvalue weighted by Gasteiger charge is 2.31. The highest BCUT2D eigenvalue weighted by atomic mass is 79.9. The Labute approximate surface area is 101 Å². The predicted octanol–water partition coefficient (Wildman–Crippen LogP) is 4.58. The third kappa shape index (κ3) is 2.28. The zero-order valence-electron chi connectivity index (χ0n) is 9.76. The second kappa shape index (κ2) is 4.29. The van der Waals surface area contributed by atoms with E-state index in [0.717, 1.165) is 11.8 Å². The van der Waals surface area contributed by atoms with Crippen LogP contribution in [-0.2, 0) is 0 Å². The standard InChI is InChI=1S/C14H19Br/c1-9-6-10(2)8-12(7-9)13-4-5-14(15)11(13)3/h6-8,11,13-14H,4-5H2,1-3H3. The molecule has 0 bridgehead atoms. The van der Waals surface area contributed by atoms with E-state index in [0.29, 0.717) is 4.83 Å². The van der Waals surface area contributed by atoms with Crippen molar-refractivity contribution < 1.29 is 0 Å². The summed E-state index contributed by atoms with van der Waals surface area (Å²) >= 11 is 3.78. The van der Waals surface area contributed by atoms with Gasteiger partial charge in [-0.1, -0.05) is 52.2 Å². The molecular weight excluding hydrogens is 248 g/mol. The molecule has 1 heteroatoms. The number of halogens is 1. The van der Waals surface area contributed by atoms with Gasteiger partial charge in [0.15, 0.2) is 0 Å². The molecule has 0 radical (unpaired) electrons. The zero-order valence-corrected chi connectivity index (χ0v) is 11.3. The van der Waals surface area contributed by atoms with Gasteiger partial charge in [-0.2, -0.15) is 0 Å². The molecular formula is C14H19Br. The van der Waals surface area contributed by atoms with Crippen molar-refractivity contribution >= 4 is 15.9 Å². The molecule has 1 aliphatic carbocycles. The fraction of sp³-hybridized carbons (Fsp3) is 0.571. The number of aryl methyl sites for hydroxylation is 2. The van der Waals surface area contributed by atoms with Crippen molar-refractivity contribution in [3.05, 3.63) is 34.9 Å². The average Bonchev–Trinajstić information content (AvgIpc) is 2.46. The van der Waals surface area contributed by atoms with Crippen LogP contribution in [0.3, 0.4) is 0 Å². The van der Waals surface area contributed by atoms with Gasteiger partial charge in [-0.25, -0.2) is 0 Å². The molecule has 82 valence electrons. The molecule has 1 fully saturated rings. The molecule has 3 unspecified atom stereocenters. The summed E-state index contributed by atoms with van der Waals surface area (Å²) in [5.74, 6) is 1.53. The van der Waals surface area contributed by atoms with E-state index in [1.165, 1.54) is 24.0 Å². The van der Waals surface area contributed by atoms with E-state index in [-0.39, 0.29) is 0 Å². The first-order valence-electron chi connectivity index (χ1n) is 5.80. The Hall–Kier alpha value is -0.300. The largest absolute Gasteiger partial charge is 0.0888 e. The van der Waals surface area contributed by atoms with E-state index in [1.54, 1.807) is 5.56 Å². The van der Waals surface area contributed by atoms with Crippen molar-refractivity contribution in [1.29, 1.82) is 0 Å². The summed E-state index contributed by atoms with van der Waals surface area (Å²) in [5, 5.41) is 0. The van der Waals surface area contributed by atoms with E-state index in [9.17, 15) is 0 Å². The molecule has 0 nitrogen and oxygen atoms in total. The molecule has 0 aromatic heterocycles. The molecule has 1 aromatic carbocycles. The number of benzene rings is 1. The summed E-state index contributed by atoms with van der Waals surface area (Å²) in [6, 6.07) is 6.98. The molecule has 1 aromatic rings. The molecule has 1 saturated carbocycles. The van der Waals surface area contributed by atoms with Gasteiger partial charge in [0, 0.05) is 4.83 Å². The molecule has 0 amide bonds. The van der Waals surface area contributed by atoms with Gasteiger partial charge in [-0.05, 0) is 44.1 Å². The third-order valence-electron chi connectivity index (χ3n) is 3.63. The lowest BCUT2D eigenvalue weighted by Gasteiger charge is -2.18. The highest BCUT2D eigenvalue weighted by molar-refractivity contribution is 9.09. The van der Waals surface area contributed by atoms with Crippen molar-refractivity contribution in [3.8, 4) is 0 Å². The number of rotatable bonds is 1. The van der Waals surface area contributed by atoms with Crippen LogP contribution < -0.4 is 0 Å². The Kier molecular flexibility index (Phi) is 3.20. The minimum Gasteiger partial charge on any atom is -0.0888 e. The normalized spacial score (nSPS) is 30.8. The van der Waals surface area contributed by atoms with Crippen LogP contribution in [0.2, 0.25) is 0 Å². The number of alkyl halides is 1. The molecule has 2 rings (SSSR count). The molecule has 3 atom stereocenters. The van der Waals surface area contributed by atoms with Crippen LogP contribution in [0.25, 0.3) is 0 Å². The van der Waals surface area contributed by atoms with Crippen molar-refractivity contribution in [1.82, 2.24) is 0 Å². The third-order valence-corrected chi connectivity index (χ3v) is 4.92. The fourth-order valence-corrected chi connectivity index (χ4v) is 3.44. The van der Waals surface area contributed by atoms with Crippen molar-refractivity contribution in [3.63, 3.8) is 0 Å². The molecule has 0 saturated heterocycles. The molecule has 15 heavy (non-hydrogen) atoms. The summed E-state index contributed by atoms with van der Waals surface area (Å²) in [5.41, 5.74) is 4.34. The molecule has 0 spiro atoms. The van der Waals surface area contributed by atoms with Crippen molar-refractivity contribution in [2.24, 2.45) is 5.92 Å². The monoisotopic (exact) mass is 266 g/mol. The maximum Gasteiger partial charge on any atom is 0.0177 e. The topological polar surface area (TPSA) is 0 Å². The van der Waals surface area contributed by atoms with Crippen LogP contribution in [0, 0.1) is 19.8 Å². The van der Waals surface area contributed by atoms with Gasteiger partial charge in [0.25, 0.3) is 0 Å². The molecule has 1 aliphatic rings. The minimum absolute atomic E-state index is 0.711. The smallest absolute Gasteiger partial charge is 0.0177 e. The van der Waals surface area contributed by atoms with Gasteiger partial charge in [-0.15, -0.1) is 0 Å². The summed E-state index contributed by atoms with van der Waals surface area (Å²) in [7, 11) is 0. The fourth-order valence-electron chi connectivity index (χ4n) is 2.81. The predicted molar refractivity (Wildman–Crippen MR) is 69.8 cm³/mol. The van der Waals surface area contributed by atoms with Gasteiger partial charge < -0.3 is 0 Å². The van der Waals surface area contributed by atoms with Crippen LogP contribution in [0.15, 0.2) is 18.2 Å². The maximum absolute atomic E-state index is 3.78. The van der Waals surface area contributed by atoms with Gasteiger partial charge in [-0.3, -0.25) is 0 Å². The van der Waals surface area contributed by atoms with E-state index < -0.39 is 0 Å². The lowest BCUT2D eigenvalue weighted by Crippen LogP contribution is -2.09. The first-order valence-corrected chi connectivity index (χ1v) is 6.72. The Morgan fingerprint density at radius 2 is 1.67 bits per heavy atom. The molecule has 0 heterocycles.